The summed E-state index contributed by atoms with van der Waals surface area (Å²) < 4.78 is 26.7. The van der Waals surface area contributed by atoms with E-state index < -0.39 is 10.7 Å². The first-order valence-corrected chi connectivity index (χ1v) is 11.9. The van der Waals surface area contributed by atoms with Crippen LogP contribution in [0.1, 0.15) is 83.1 Å². The van der Waals surface area contributed by atoms with Crippen LogP contribution in [0.3, 0.4) is 0 Å². The Morgan fingerprint density at radius 1 is 0.852 bits per heavy atom. The average molecular weight is 396 g/mol. The van der Waals surface area contributed by atoms with Gasteiger partial charge in [0.25, 0.3) is 0 Å². The maximum Gasteiger partial charge on any atom is 0.140 e. The van der Waals surface area contributed by atoms with E-state index in [1.54, 1.807) is 6.21 Å². The summed E-state index contributed by atoms with van der Waals surface area (Å²) >= 11 is 0. The average Bonchev–Trinajstić information content (AvgIpc) is 2.66. The van der Waals surface area contributed by atoms with E-state index in [1.165, 1.54) is 57.8 Å². The Morgan fingerprint density at radius 2 is 1.44 bits per heavy atom. The van der Waals surface area contributed by atoms with E-state index >= 15 is 0 Å². The lowest BCUT2D eigenvalue weighted by atomic mass is 10.1. The fourth-order valence-corrected chi connectivity index (χ4v) is 3.29. The Hall–Kier alpha value is -1.36. The molecule has 0 aromatic heterocycles. The largest absolute Gasteiger partial charge is 0.494 e. The summed E-state index contributed by atoms with van der Waals surface area (Å²) in [5.41, 5.74) is 1.01. The number of rotatable bonds is 17. The van der Waals surface area contributed by atoms with E-state index in [2.05, 4.69) is 11.9 Å². The van der Waals surface area contributed by atoms with Crippen LogP contribution in [0.15, 0.2) is 29.3 Å². The molecule has 0 N–H and O–H groups in total. The topological polar surface area (TPSA) is 55.7 Å². The molecule has 0 aliphatic carbocycles. The molecule has 0 atom stereocenters. The number of aliphatic imine (C=N–C) groups is 1. The Labute approximate surface area is 167 Å². The first-order chi connectivity index (χ1) is 13.2. The third-order valence-corrected chi connectivity index (χ3v) is 5.20. The molecule has 0 radical (unpaired) electrons. The van der Waals surface area contributed by atoms with Gasteiger partial charge >= 0.3 is 0 Å². The van der Waals surface area contributed by atoms with E-state index in [0.29, 0.717) is 13.0 Å². The van der Waals surface area contributed by atoms with Gasteiger partial charge in [-0.15, -0.1) is 0 Å². The third-order valence-electron chi connectivity index (χ3n) is 4.51. The zero-order valence-corrected chi connectivity index (χ0v) is 17.8. The minimum absolute atomic E-state index is 0.207. The molecule has 0 saturated heterocycles. The molecular weight excluding hydrogens is 358 g/mol. The lowest BCUT2D eigenvalue weighted by molar-refractivity contribution is 0.304. The lowest BCUT2D eigenvalue weighted by Gasteiger charge is -2.06. The van der Waals surface area contributed by atoms with Crippen LogP contribution >= 0.6 is 0 Å². The van der Waals surface area contributed by atoms with Crippen LogP contribution in [0.2, 0.25) is 0 Å². The maximum atomic E-state index is 10.5. The molecule has 0 bridgehead atoms. The van der Waals surface area contributed by atoms with Crippen molar-refractivity contribution in [3.8, 4) is 5.75 Å². The van der Waals surface area contributed by atoms with Gasteiger partial charge in [-0.25, -0.2) is 8.42 Å². The molecule has 5 heteroatoms. The third kappa shape index (κ3) is 14.4. The van der Waals surface area contributed by atoms with E-state index in [-0.39, 0.29) is 5.75 Å². The van der Waals surface area contributed by atoms with Crippen LogP contribution in [-0.2, 0) is 10.7 Å². The summed E-state index contributed by atoms with van der Waals surface area (Å²) in [7, 11) is -2.28. The lowest BCUT2D eigenvalue weighted by Crippen LogP contribution is -1.97. The molecule has 154 valence electrons. The molecule has 0 aliphatic heterocycles. The molecule has 1 rings (SSSR count). The molecule has 0 unspecified atom stereocenters. The van der Waals surface area contributed by atoms with Gasteiger partial charge in [0.2, 0.25) is 0 Å². The maximum absolute atomic E-state index is 10.5. The van der Waals surface area contributed by atoms with Gasteiger partial charge in [0.05, 0.1) is 6.61 Å². The van der Waals surface area contributed by atoms with Gasteiger partial charge in [0.15, 0.2) is 0 Å². The first-order valence-electron chi connectivity index (χ1n) is 10.6. The van der Waals surface area contributed by atoms with Gasteiger partial charge < -0.3 is 4.74 Å². The summed E-state index contributed by atoms with van der Waals surface area (Å²) in [5.74, 6) is 1.10. The number of nitrogens with zero attached hydrogens (tertiary/aromatic N) is 1. The molecule has 1 aromatic rings. The van der Waals surface area contributed by atoms with Crippen molar-refractivity contribution in [2.45, 2.75) is 77.6 Å². The van der Waals surface area contributed by atoms with Gasteiger partial charge in [-0.05, 0) is 42.7 Å². The molecule has 0 heterocycles. The van der Waals surface area contributed by atoms with Crippen molar-refractivity contribution in [2.75, 3.05) is 18.9 Å². The fourth-order valence-electron chi connectivity index (χ4n) is 2.89. The van der Waals surface area contributed by atoms with E-state index in [9.17, 15) is 8.42 Å². The highest BCUT2D eigenvalue weighted by molar-refractivity contribution is 7.72. The summed E-state index contributed by atoms with van der Waals surface area (Å²) in [5, 5.41) is 0. The second-order valence-corrected chi connectivity index (χ2v) is 8.16. The van der Waals surface area contributed by atoms with Crippen molar-refractivity contribution in [2.24, 2.45) is 4.99 Å². The van der Waals surface area contributed by atoms with Crippen LogP contribution in [0, 0.1) is 0 Å². The summed E-state index contributed by atoms with van der Waals surface area (Å²) in [4.78, 5) is 4.24. The summed E-state index contributed by atoms with van der Waals surface area (Å²) in [6.45, 7) is 3.58. The molecule has 0 saturated carbocycles. The highest BCUT2D eigenvalue weighted by Crippen LogP contribution is 2.13. The fraction of sp³-hybridized carbons (Fsp3) is 0.682. The standard InChI is InChI=1S/C22H37NO3S/c1-2-3-4-5-6-7-8-9-10-11-18-26-22-15-13-21(14-16-22)20-23-17-12-19-27(24)25/h13-16,20,27H,2-12,17-19H2,1H3/b23-20+. The van der Waals surface area contributed by atoms with Crippen molar-refractivity contribution >= 4 is 16.9 Å². The SMILES string of the molecule is CCCCCCCCCCCCOc1ccc(/C=N/CCC[SH](=O)=O)cc1. The number of hydrogen-bond acceptors (Lipinski definition) is 4. The van der Waals surface area contributed by atoms with Crippen molar-refractivity contribution in [3.63, 3.8) is 0 Å². The highest BCUT2D eigenvalue weighted by Gasteiger charge is 1.96. The van der Waals surface area contributed by atoms with Gasteiger partial charge in [0, 0.05) is 18.5 Å². The van der Waals surface area contributed by atoms with Gasteiger partial charge in [-0.1, -0.05) is 64.7 Å². The molecular formula is C22H37NO3S. The monoisotopic (exact) mass is 395 g/mol. The summed E-state index contributed by atoms with van der Waals surface area (Å²) in [6, 6.07) is 7.88. The predicted octanol–water partition coefficient (Wildman–Crippen LogP) is 5.41. The second-order valence-electron chi connectivity index (χ2n) is 7.04. The quantitative estimate of drug-likeness (QED) is 0.218. The van der Waals surface area contributed by atoms with Crippen LogP contribution in [0.25, 0.3) is 0 Å². The van der Waals surface area contributed by atoms with Gasteiger partial charge in [-0.3, -0.25) is 4.99 Å². The minimum atomic E-state index is -2.28. The zero-order valence-electron chi connectivity index (χ0n) is 16.9. The van der Waals surface area contributed by atoms with E-state index in [1.807, 2.05) is 24.3 Å². The first kappa shape index (κ1) is 23.7. The number of thiol groups is 1. The molecule has 27 heavy (non-hydrogen) atoms. The van der Waals surface area contributed by atoms with Crippen LogP contribution < -0.4 is 4.74 Å². The Bertz CT molecular complexity index is 559. The van der Waals surface area contributed by atoms with Crippen LogP contribution in [0.4, 0.5) is 0 Å². The smallest absolute Gasteiger partial charge is 0.140 e. The van der Waals surface area contributed by atoms with Crippen LogP contribution in [-0.4, -0.2) is 33.5 Å². The van der Waals surface area contributed by atoms with E-state index in [4.69, 9.17) is 4.74 Å². The van der Waals surface area contributed by atoms with Crippen molar-refractivity contribution in [3.05, 3.63) is 29.8 Å². The Kier molecular flexibility index (Phi) is 14.7. The predicted molar refractivity (Wildman–Crippen MR) is 116 cm³/mol. The highest BCUT2D eigenvalue weighted by atomic mass is 32.2. The number of unbranched alkanes of at least 4 members (excludes halogenated alkanes) is 9. The van der Waals surface area contributed by atoms with Crippen molar-refractivity contribution in [1.82, 2.24) is 0 Å². The van der Waals surface area contributed by atoms with Crippen molar-refractivity contribution < 1.29 is 13.2 Å². The number of ether oxygens (including phenoxy) is 1. The molecule has 0 aliphatic rings. The normalized spacial score (nSPS) is 11.5. The van der Waals surface area contributed by atoms with E-state index in [0.717, 1.165) is 24.3 Å². The molecule has 0 spiro atoms. The number of benzene rings is 1. The molecule has 0 fully saturated rings. The minimum Gasteiger partial charge on any atom is -0.494 e. The second kappa shape index (κ2) is 16.8. The van der Waals surface area contributed by atoms with Crippen LogP contribution in [0.5, 0.6) is 5.75 Å². The molecule has 4 nitrogen and oxygen atoms in total. The molecule has 1 aromatic carbocycles. The van der Waals surface area contributed by atoms with Gasteiger partial charge in [-0.2, -0.15) is 0 Å². The Morgan fingerprint density at radius 3 is 2.04 bits per heavy atom. The van der Waals surface area contributed by atoms with Gasteiger partial charge in [0.1, 0.15) is 16.5 Å². The Balaban J connectivity index is 2.02. The number of hydrogen-bond donors (Lipinski definition) is 1. The van der Waals surface area contributed by atoms with Crippen molar-refractivity contribution in [1.29, 1.82) is 0 Å². The zero-order chi connectivity index (χ0) is 19.6. The molecule has 0 amide bonds. The summed E-state index contributed by atoms with van der Waals surface area (Å²) in [6.07, 6.45) is 15.7.